The predicted octanol–water partition coefficient (Wildman–Crippen LogP) is 3.84. The minimum atomic E-state index is -0.193. The monoisotopic (exact) mass is 410 g/mol. The van der Waals surface area contributed by atoms with Crippen LogP contribution in [0.5, 0.6) is 11.6 Å². The molecule has 5 rings (SSSR count). The molecule has 31 heavy (non-hydrogen) atoms. The van der Waals surface area contributed by atoms with Gasteiger partial charge in [0.25, 0.3) is 11.8 Å². The number of carbonyl (C=O) groups excluding carboxylic acids is 1. The molecule has 0 spiro atoms. The average Bonchev–Trinajstić information content (AvgIpc) is 3.50. The van der Waals surface area contributed by atoms with Gasteiger partial charge in [0, 0.05) is 30.7 Å². The SMILES string of the molecule is O=C(NCc1ccc(-c2cnc3c(Oc4ccccc4)nccn23)cc1)c1ccn[nH]1. The summed E-state index contributed by atoms with van der Waals surface area (Å²) < 4.78 is 7.85. The lowest BCUT2D eigenvalue weighted by atomic mass is 10.1. The maximum atomic E-state index is 12.0. The largest absolute Gasteiger partial charge is 0.436 e. The minimum absolute atomic E-state index is 0.193. The number of rotatable bonds is 6. The third-order valence-corrected chi connectivity index (χ3v) is 4.80. The minimum Gasteiger partial charge on any atom is -0.436 e. The van der Waals surface area contributed by atoms with Gasteiger partial charge in [0.1, 0.15) is 11.4 Å². The van der Waals surface area contributed by atoms with E-state index in [0.29, 0.717) is 29.5 Å². The van der Waals surface area contributed by atoms with E-state index in [1.165, 1.54) is 0 Å². The van der Waals surface area contributed by atoms with E-state index < -0.39 is 0 Å². The number of amides is 1. The van der Waals surface area contributed by atoms with Crippen molar-refractivity contribution in [3.05, 3.63) is 96.7 Å². The van der Waals surface area contributed by atoms with Gasteiger partial charge in [0.2, 0.25) is 5.65 Å². The number of hydrogen-bond acceptors (Lipinski definition) is 5. The molecule has 0 aliphatic heterocycles. The lowest BCUT2D eigenvalue weighted by Gasteiger charge is -2.08. The molecule has 3 heterocycles. The summed E-state index contributed by atoms with van der Waals surface area (Å²) in [5.74, 6) is 0.953. The molecule has 2 N–H and O–H groups in total. The summed E-state index contributed by atoms with van der Waals surface area (Å²) in [6.07, 6.45) is 6.89. The van der Waals surface area contributed by atoms with Gasteiger partial charge < -0.3 is 10.1 Å². The summed E-state index contributed by atoms with van der Waals surface area (Å²) in [5, 5.41) is 9.30. The van der Waals surface area contributed by atoms with Crippen molar-refractivity contribution in [1.82, 2.24) is 29.9 Å². The number of H-pyrrole nitrogens is 1. The van der Waals surface area contributed by atoms with E-state index >= 15 is 0 Å². The van der Waals surface area contributed by atoms with E-state index in [4.69, 9.17) is 4.74 Å². The Kier molecular flexibility index (Phi) is 4.86. The first-order chi connectivity index (χ1) is 15.3. The lowest BCUT2D eigenvalue weighted by Crippen LogP contribution is -2.23. The number of hydrogen-bond donors (Lipinski definition) is 2. The van der Waals surface area contributed by atoms with Crippen molar-refractivity contribution in [2.24, 2.45) is 0 Å². The van der Waals surface area contributed by atoms with Gasteiger partial charge in [0.05, 0.1) is 11.9 Å². The Morgan fingerprint density at radius 3 is 2.61 bits per heavy atom. The van der Waals surface area contributed by atoms with E-state index in [1.807, 2.05) is 65.2 Å². The summed E-state index contributed by atoms with van der Waals surface area (Å²) in [6, 6.07) is 19.1. The highest BCUT2D eigenvalue weighted by Gasteiger charge is 2.12. The van der Waals surface area contributed by atoms with E-state index in [9.17, 15) is 4.79 Å². The summed E-state index contributed by atoms with van der Waals surface area (Å²) in [5.41, 5.74) is 3.97. The summed E-state index contributed by atoms with van der Waals surface area (Å²) >= 11 is 0. The fourth-order valence-electron chi connectivity index (χ4n) is 3.23. The molecule has 0 radical (unpaired) electrons. The molecular weight excluding hydrogens is 392 g/mol. The molecule has 0 aliphatic carbocycles. The first-order valence-electron chi connectivity index (χ1n) is 9.70. The van der Waals surface area contributed by atoms with E-state index in [0.717, 1.165) is 16.8 Å². The number of carbonyl (C=O) groups is 1. The fourth-order valence-corrected chi connectivity index (χ4v) is 3.23. The summed E-state index contributed by atoms with van der Waals surface area (Å²) in [7, 11) is 0. The zero-order chi connectivity index (χ0) is 21.0. The van der Waals surface area contributed by atoms with Crippen LogP contribution in [0, 0.1) is 0 Å². The van der Waals surface area contributed by atoms with E-state index in [1.54, 1.807) is 24.7 Å². The van der Waals surface area contributed by atoms with Crippen molar-refractivity contribution in [3.8, 4) is 22.9 Å². The van der Waals surface area contributed by atoms with Gasteiger partial charge in [-0.25, -0.2) is 9.97 Å². The first kappa shape index (κ1) is 18.6. The first-order valence-corrected chi connectivity index (χ1v) is 9.70. The fraction of sp³-hybridized carbons (Fsp3) is 0.0435. The normalized spacial score (nSPS) is 10.8. The van der Waals surface area contributed by atoms with Gasteiger partial charge in [-0.15, -0.1) is 0 Å². The molecule has 8 nitrogen and oxygen atoms in total. The van der Waals surface area contributed by atoms with Gasteiger partial charge in [-0.2, -0.15) is 5.10 Å². The van der Waals surface area contributed by atoms with Gasteiger partial charge in [-0.05, 0) is 23.8 Å². The standard InChI is InChI=1S/C23H18N6O2/c30-22(19-10-11-27-28-19)26-14-16-6-8-17(9-7-16)20-15-25-21-23(24-12-13-29(20)21)31-18-4-2-1-3-5-18/h1-13,15H,14H2,(H,26,30)(H,27,28). The lowest BCUT2D eigenvalue weighted by molar-refractivity contribution is 0.0946. The number of nitrogens with zero attached hydrogens (tertiary/aromatic N) is 4. The quantitative estimate of drug-likeness (QED) is 0.443. The van der Waals surface area contributed by atoms with E-state index in [2.05, 4.69) is 25.5 Å². The van der Waals surface area contributed by atoms with Crippen molar-refractivity contribution < 1.29 is 9.53 Å². The Balaban J connectivity index is 1.35. The second kappa shape index (κ2) is 8.11. The van der Waals surface area contributed by atoms with Crippen molar-refractivity contribution in [3.63, 3.8) is 0 Å². The van der Waals surface area contributed by atoms with Crippen LogP contribution in [-0.2, 0) is 6.54 Å². The van der Waals surface area contributed by atoms with Crippen LogP contribution in [0.25, 0.3) is 16.9 Å². The van der Waals surface area contributed by atoms with Crippen LogP contribution in [0.2, 0.25) is 0 Å². The number of para-hydroxylation sites is 1. The molecule has 0 saturated heterocycles. The number of aromatic nitrogens is 5. The Labute approximate surface area is 177 Å². The smallest absolute Gasteiger partial charge is 0.269 e. The highest BCUT2D eigenvalue weighted by atomic mass is 16.5. The van der Waals surface area contributed by atoms with Gasteiger partial charge in [-0.3, -0.25) is 14.3 Å². The Bertz CT molecular complexity index is 1310. The number of nitrogens with one attached hydrogen (secondary N) is 2. The van der Waals surface area contributed by atoms with Crippen LogP contribution in [0.1, 0.15) is 16.1 Å². The number of benzene rings is 2. The van der Waals surface area contributed by atoms with Crippen LogP contribution in [0.4, 0.5) is 0 Å². The van der Waals surface area contributed by atoms with Crippen LogP contribution >= 0.6 is 0 Å². The topological polar surface area (TPSA) is 97.2 Å². The second-order valence-electron chi connectivity index (χ2n) is 6.83. The summed E-state index contributed by atoms with van der Waals surface area (Å²) in [6.45, 7) is 0.421. The number of aromatic amines is 1. The molecule has 3 aromatic heterocycles. The molecule has 0 unspecified atom stereocenters. The highest BCUT2D eigenvalue weighted by molar-refractivity contribution is 5.92. The molecule has 0 aliphatic rings. The van der Waals surface area contributed by atoms with Gasteiger partial charge in [-0.1, -0.05) is 42.5 Å². The molecule has 0 bridgehead atoms. The zero-order valence-corrected chi connectivity index (χ0v) is 16.4. The number of ether oxygens (including phenoxy) is 1. The molecule has 2 aromatic carbocycles. The van der Waals surface area contributed by atoms with Gasteiger partial charge >= 0.3 is 0 Å². The Morgan fingerprint density at radius 2 is 1.84 bits per heavy atom. The summed E-state index contributed by atoms with van der Waals surface area (Å²) in [4.78, 5) is 20.9. The highest BCUT2D eigenvalue weighted by Crippen LogP contribution is 2.27. The second-order valence-corrected chi connectivity index (χ2v) is 6.83. The molecule has 0 fully saturated rings. The predicted molar refractivity (Wildman–Crippen MR) is 115 cm³/mol. The van der Waals surface area contributed by atoms with Crippen LogP contribution in [0.3, 0.4) is 0 Å². The Hall–Kier alpha value is -4.46. The average molecular weight is 410 g/mol. The van der Waals surface area contributed by atoms with Gasteiger partial charge in [0.15, 0.2) is 0 Å². The number of fused-ring (bicyclic) bond motifs is 1. The maximum absolute atomic E-state index is 12.0. The van der Waals surface area contributed by atoms with E-state index in [-0.39, 0.29) is 5.91 Å². The third-order valence-electron chi connectivity index (χ3n) is 4.80. The molecule has 152 valence electrons. The molecule has 8 heteroatoms. The van der Waals surface area contributed by atoms with Crippen LogP contribution in [0.15, 0.2) is 85.5 Å². The molecular formula is C23H18N6O2. The molecule has 0 atom stereocenters. The van der Waals surface area contributed by atoms with Crippen LogP contribution in [-0.4, -0.2) is 30.5 Å². The molecule has 1 amide bonds. The number of imidazole rings is 1. The van der Waals surface area contributed by atoms with Crippen molar-refractivity contribution >= 4 is 11.6 Å². The Morgan fingerprint density at radius 1 is 1.00 bits per heavy atom. The zero-order valence-electron chi connectivity index (χ0n) is 16.4. The molecule has 5 aromatic rings. The van der Waals surface area contributed by atoms with Crippen molar-refractivity contribution in [1.29, 1.82) is 0 Å². The van der Waals surface area contributed by atoms with Crippen LogP contribution < -0.4 is 10.1 Å². The van der Waals surface area contributed by atoms with Crippen molar-refractivity contribution in [2.75, 3.05) is 0 Å². The maximum Gasteiger partial charge on any atom is 0.269 e. The molecule has 0 saturated carbocycles. The van der Waals surface area contributed by atoms with Crippen molar-refractivity contribution in [2.45, 2.75) is 6.54 Å². The third kappa shape index (κ3) is 3.86.